The highest BCUT2D eigenvalue weighted by Crippen LogP contribution is 2.31. The zero-order valence-corrected chi connectivity index (χ0v) is 5.88. The summed E-state index contributed by atoms with van der Waals surface area (Å²) in [6.07, 6.45) is 3.26. The minimum atomic E-state index is 0.588. The first-order chi connectivity index (χ1) is 4.90. The van der Waals surface area contributed by atoms with Crippen molar-refractivity contribution < 1.29 is 0 Å². The van der Waals surface area contributed by atoms with E-state index in [1.807, 2.05) is 0 Å². The first-order valence-electron chi connectivity index (χ1n) is 3.64. The second kappa shape index (κ2) is 2.12. The van der Waals surface area contributed by atoms with Crippen LogP contribution in [-0.4, -0.2) is 0 Å². The maximum atomic E-state index is 3.89. The van der Waals surface area contributed by atoms with Crippen LogP contribution < -0.4 is 0 Å². The molecule has 0 spiro atoms. The summed E-state index contributed by atoms with van der Waals surface area (Å²) in [6, 6.07) is 8.68. The van der Waals surface area contributed by atoms with Crippen LogP contribution in [0, 0.1) is 13.3 Å². The molecule has 0 heterocycles. The lowest BCUT2D eigenvalue weighted by atomic mass is 9.84. The molecule has 1 unspecified atom stereocenters. The molecule has 0 aliphatic heterocycles. The van der Waals surface area contributed by atoms with Gasteiger partial charge in [0.25, 0.3) is 0 Å². The molecule has 2 aliphatic carbocycles. The molecule has 1 atom stereocenters. The second-order valence-corrected chi connectivity index (χ2v) is 2.73. The summed E-state index contributed by atoms with van der Waals surface area (Å²) < 4.78 is 0. The molecule has 2 radical (unpaired) electrons. The molecular formula is C10H10. The van der Waals surface area contributed by atoms with Gasteiger partial charge in [0, 0.05) is 0 Å². The van der Waals surface area contributed by atoms with Crippen LogP contribution in [0.15, 0.2) is 24.3 Å². The zero-order chi connectivity index (χ0) is 6.97. The number of fused-ring (bicyclic) bond motifs is 3. The molecule has 0 saturated carbocycles. The van der Waals surface area contributed by atoms with Crippen LogP contribution in [0.2, 0.25) is 0 Å². The third-order valence-corrected chi connectivity index (χ3v) is 2.07. The van der Waals surface area contributed by atoms with Gasteiger partial charge in [0.15, 0.2) is 0 Å². The van der Waals surface area contributed by atoms with E-state index in [0.29, 0.717) is 5.92 Å². The van der Waals surface area contributed by atoms with E-state index in [1.165, 1.54) is 11.1 Å². The third kappa shape index (κ3) is 0.756. The molecule has 0 saturated heterocycles. The Morgan fingerprint density at radius 3 is 2.20 bits per heavy atom. The van der Waals surface area contributed by atoms with E-state index in [2.05, 4.69) is 37.6 Å². The van der Waals surface area contributed by atoms with Gasteiger partial charge in [-0.3, -0.25) is 0 Å². The molecule has 10 heavy (non-hydrogen) atoms. The van der Waals surface area contributed by atoms with Crippen molar-refractivity contribution in [2.75, 3.05) is 0 Å². The molecule has 2 aliphatic rings. The minimum Gasteiger partial charge on any atom is -0.0585 e. The maximum Gasteiger partial charge on any atom is -0.00184 e. The molecule has 0 fully saturated rings. The van der Waals surface area contributed by atoms with Crippen molar-refractivity contribution in [3.63, 3.8) is 0 Å². The van der Waals surface area contributed by atoms with E-state index < -0.39 is 0 Å². The van der Waals surface area contributed by atoms with Gasteiger partial charge < -0.3 is 0 Å². The van der Waals surface area contributed by atoms with Crippen molar-refractivity contribution in [1.82, 2.24) is 0 Å². The van der Waals surface area contributed by atoms with Gasteiger partial charge in [0.2, 0.25) is 0 Å². The quantitative estimate of drug-likeness (QED) is 0.548. The van der Waals surface area contributed by atoms with Crippen LogP contribution in [0.5, 0.6) is 0 Å². The van der Waals surface area contributed by atoms with Gasteiger partial charge >= 0.3 is 0 Å². The fourth-order valence-electron chi connectivity index (χ4n) is 1.43. The molecular weight excluding hydrogens is 120 g/mol. The Kier molecular flexibility index (Phi) is 1.26. The smallest absolute Gasteiger partial charge is 0.00184 e. The van der Waals surface area contributed by atoms with Crippen molar-refractivity contribution in [2.24, 2.45) is 0 Å². The Bertz CT molecular complexity index is 220. The van der Waals surface area contributed by atoms with Gasteiger partial charge in [-0.25, -0.2) is 0 Å². The van der Waals surface area contributed by atoms with E-state index in [9.17, 15) is 0 Å². The summed E-state index contributed by atoms with van der Waals surface area (Å²) in [5, 5.41) is 0. The SMILES string of the molecule is [CH2]CC1[CH]c2ccc1cc2. The van der Waals surface area contributed by atoms with Gasteiger partial charge in [-0.1, -0.05) is 31.2 Å². The standard InChI is InChI=1S/C10H10/c1-2-9-7-8-3-5-10(9)6-4-8/h3-7,9H,1-2H2. The van der Waals surface area contributed by atoms with Crippen LogP contribution in [0.25, 0.3) is 0 Å². The predicted molar refractivity (Wildman–Crippen MR) is 42.6 cm³/mol. The molecule has 1 aromatic carbocycles. The van der Waals surface area contributed by atoms with Crippen molar-refractivity contribution in [3.8, 4) is 0 Å². The van der Waals surface area contributed by atoms with E-state index >= 15 is 0 Å². The molecule has 0 aromatic heterocycles. The number of rotatable bonds is 1. The fourth-order valence-corrected chi connectivity index (χ4v) is 1.43. The maximum absolute atomic E-state index is 3.89. The summed E-state index contributed by atoms with van der Waals surface area (Å²) >= 11 is 0. The number of hydrogen-bond acceptors (Lipinski definition) is 0. The summed E-state index contributed by atoms with van der Waals surface area (Å²) in [7, 11) is 0. The van der Waals surface area contributed by atoms with Crippen LogP contribution in [-0.2, 0) is 0 Å². The Labute approximate surface area is 61.9 Å². The average Bonchev–Trinajstić information content (AvgIpc) is 2.06. The first-order valence-corrected chi connectivity index (χ1v) is 3.64. The van der Waals surface area contributed by atoms with E-state index in [1.54, 1.807) is 0 Å². The molecule has 1 aromatic rings. The Morgan fingerprint density at radius 2 is 1.90 bits per heavy atom. The van der Waals surface area contributed by atoms with Crippen LogP contribution >= 0.6 is 0 Å². The number of benzene rings is 1. The molecule has 0 amide bonds. The Balaban J connectivity index is 2.41. The molecule has 0 nitrogen and oxygen atoms in total. The van der Waals surface area contributed by atoms with Gasteiger partial charge in [0.05, 0.1) is 0 Å². The summed E-state index contributed by atoms with van der Waals surface area (Å²) in [4.78, 5) is 0. The first kappa shape index (κ1) is 5.96. The normalized spacial score (nSPS) is 21.5. The fraction of sp³-hybridized carbons (Fsp3) is 0.200. The van der Waals surface area contributed by atoms with Gasteiger partial charge in [-0.05, 0) is 29.9 Å². The van der Waals surface area contributed by atoms with Gasteiger partial charge in [-0.15, -0.1) is 0 Å². The molecule has 0 heteroatoms. The Morgan fingerprint density at radius 1 is 1.20 bits per heavy atom. The lowest BCUT2D eigenvalue weighted by Crippen LogP contribution is -2.04. The van der Waals surface area contributed by atoms with Crippen LogP contribution in [0.1, 0.15) is 23.5 Å². The van der Waals surface area contributed by atoms with Gasteiger partial charge in [-0.2, -0.15) is 0 Å². The topological polar surface area (TPSA) is 0 Å². The molecule has 2 bridgehead atoms. The summed E-state index contributed by atoms with van der Waals surface area (Å²) in [5.74, 6) is 0.588. The average molecular weight is 130 g/mol. The molecule has 0 N–H and O–H groups in total. The molecule has 3 rings (SSSR count). The third-order valence-electron chi connectivity index (χ3n) is 2.07. The zero-order valence-electron chi connectivity index (χ0n) is 5.88. The van der Waals surface area contributed by atoms with Crippen molar-refractivity contribution >= 4 is 0 Å². The summed E-state index contributed by atoms with van der Waals surface area (Å²) in [6.45, 7) is 3.89. The van der Waals surface area contributed by atoms with Crippen LogP contribution in [0.3, 0.4) is 0 Å². The Hall–Kier alpha value is -0.780. The molecule has 50 valence electrons. The highest BCUT2D eigenvalue weighted by molar-refractivity contribution is 5.40. The van der Waals surface area contributed by atoms with E-state index in [-0.39, 0.29) is 0 Å². The summed E-state index contributed by atoms with van der Waals surface area (Å²) in [5.41, 5.74) is 2.74. The lowest BCUT2D eigenvalue weighted by Gasteiger charge is -2.20. The largest absolute Gasteiger partial charge is 0.0585 e. The highest BCUT2D eigenvalue weighted by atomic mass is 14.2. The predicted octanol–water partition coefficient (Wildman–Crippen LogP) is 2.56. The van der Waals surface area contributed by atoms with Crippen molar-refractivity contribution in [3.05, 3.63) is 48.7 Å². The monoisotopic (exact) mass is 130 g/mol. The second-order valence-electron chi connectivity index (χ2n) is 2.73. The van der Waals surface area contributed by atoms with Crippen LogP contribution in [0.4, 0.5) is 0 Å². The highest BCUT2D eigenvalue weighted by Gasteiger charge is 2.15. The van der Waals surface area contributed by atoms with Gasteiger partial charge in [0.1, 0.15) is 0 Å². The van der Waals surface area contributed by atoms with Crippen molar-refractivity contribution in [1.29, 1.82) is 0 Å². The minimum absolute atomic E-state index is 0.588. The van der Waals surface area contributed by atoms with Crippen molar-refractivity contribution in [2.45, 2.75) is 12.3 Å². The van der Waals surface area contributed by atoms with E-state index in [4.69, 9.17) is 0 Å². The lowest BCUT2D eigenvalue weighted by molar-refractivity contribution is 0.795. The van der Waals surface area contributed by atoms with E-state index in [0.717, 1.165) is 6.42 Å². The number of hydrogen-bond donors (Lipinski definition) is 0.